The molecule has 0 saturated heterocycles. The maximum Gasteiger partial charge on any atom is 0.307 e. The molecule has 0 aliphatic carbocycles. The first-order valence-corrected chi connectivity index (χ1v) is 9.30. The lowest BCUT2D eigenvalue weighted by Crippen LogP contribution is -2.20. The minimum absolute atomic E-state index is 0.227. The van der Waals surface area contributed by atoms with Gasteiger partial charge < -0.3 is 24.6 Å². The number of benzene rings is 2. The van der Waals surface area contributed by atoms with Gasteiger partial charge in [-0.25, -0.2) is 0 Å². The van der Waals surface area contributed by atoms with E-state index in [1.54, 1.807) is 30.3 Å². The number of carbonyl (C=O) groups excluding carboxylic acids is 1. The fourth-order valence-corrected chi connectivity index (χ4v) is 3.26. The summed E-state index contributed by atoms with van der Waals surface area (Å²) in [6.07, 6.45) is 0.507. The van der Waals surface area contributed by atoms with Gasteiger partial charge in [-0.05, 0) is 42.2 Å². The van der Waals surface area contributed by atoms with Gasteiger partial charge in [-0.3, -0.25) is 9.59 Å². The van der Waals surface area contributed by atoms with Crippen LogP contribution in [-0.2, 0) is 4.79 Å². The van der Waals surface area contributed by atoms with Crippen LogP contribution < -0.4 is 19.5 Å². The van der Waals surface area contributed by atoms with Crippen LogP contribution in [0.3, 0.4) is 0 Å². The molecule has 0 heterocycles. The summed E-state index contributed by atoms with van der Waals surface area (Å²) >= 11 is 0. The van der Waals surface area contributed by atoms with Gasteiger partial charge in [0.2, 0.25) is 0 Å². The van der Waals surface area contributed by atoms with Crippen molar-refractivity contribution in [3.05, 3.63) is 47.5 Å². The van der Waals surface area contributed by atoms with Gasteiger partial charge in [-0.15, -0.1) is 0 Å². The number of carbonyl (C=O) groups is 2. The van der Waals surface area contributed by atoms with E-state index in [9.17, 15) is 14.7 Å². The highest BCUT2D eigenvalue weighted by atomic mass is 16.5. The molecule has 2 unspecified atom stereocenters. The highest BCUT2D eigenvalue weighted by Gasteiger charge is 2.25. The number of ether oxygens (including phenoxy) is 3. The zero-order valence-electron chi connectivity index (χ0n) is 17.3. The molecular formula is C22H27NO6. The van der Waals surface area contributed by atoms with Crippen molar-refractivity contribution in [3.8, 4) is 17.2 Å². The first-order valence-electron chi connectivity index (χ1n) is 9.30. The minimum Gasteiger partial charge on any atom is -0.497 e. The molecule has 0 saturated carbocycles. The Balaban J connectivity index is 2.36. The number of hydrogen-bond acceptors (Lipinski definition) is 5. The zero-order chi connectivity index (χ0) is 21.6. The summed E-state index contributed by atoms with van der Waals surface area (Å²) in [5.41, 5.74) is 1.60. The van der Waals surface area contributed by atoms with Gasteiger partial charge in [0.25, 0.3) is 5.91 Å². The van der Waals surface area contributed by atoms with Crippen molar-refractivity contribution in [3.63, 3.8) is 0 Å². The van der Waals surface area contributed by atoms with Gasteiger partial charge in [0.05, 0.1) is 38.5 Å². The molecule has 156 valence electrons. The largest absolute Gasteiger partial charge is 0.497 e. The molecular weight excluding hydrogens is 374 g/mol. The molecule has 2 aromatic carbocycles. The molecule has 0 spiro atoms. The van der Waals surface area contributed by atoms with E-state index in [2.05, 4.69) is 5.32 Å². The van der Waals surface area contributed by atoms with E-state index in [0.29, 0.717) is 34.9 Å². The normalized spacial score (nSPS) is 12.6. The molecule has 7 heteroatoms. The van der Waals surface area contributed by atoms with Gasteiger partial charge in [-0.1, -0.05) is 19.9 Å². The first-order chi connectivity index (χ1) is 13.9. The topological polar surface area (TPSA) is 94.1 Å². The smallest absolute Gasteiger partial charge is 0.307 e. The number of nitrogens with one attached hydrogen (secondary N) is 1. The van der Waals surface area contributed by atoms with Crippen LogP contribution in [-0.4, -0.2) is 38.3 Å². The predicted molar refractivity (Wildman–Crippen MR) is 110 cm³/mol. The summed E-state index contributed by atoms with van der Waals surface area (Å²) in [4.78, 5) is 24.4. The summed E-state index contributed by atoms with van der Waals surface area (Å²) in [7, 11) is 4.52. The Bertz CT molecular complexity index is 880. The number of aliphatic carboxylic acids is 1. The van der Waals surface area contributed by atoms with E-state index < -0.39 is 11.9 Å². The molecule has 29 heavy (non-hydrogen) atoms. The molecule has 7 nitrogen and oxygen atoms in total. The second-order valence-corrected chi connectivity index (χ2v) is 6.62. The SMILES string of the molecule is CCC(C(=O)O)C(C)c1ccc(OC)c(NC(=O)c2ccc(OC)cc2OC)c1. The van der Waals surface area contributed by atoms with Crippen molar-refractivity contribution in [2.24, 2.45) is 5.92 Å². The summed E-state index contributed by atoms with van der Waals surface area (Å²) < 4.78 is 15.8. The first kappa shape index (κ1) is 22.1. The molecule has 2 rings (SSSR count). The van der Waals surface area contributed by atoms with E-state index in [1.807, 2.05) is 19.9 Å². The van der Waals surface area contributed by atoms with Crippen LogP contribution in [0.5, 0.6) is 17.2 Å². The lowest BCUT2D eigenvalue weighted by molar-refractivity contribution is -0.142. The molecule has 0 radical (unpaired) electrons. The maximum atomic E-state index is 12.9. The minimum atomic E-state index is -0.843. The Hall–Kier alpha value is -3.22. The van der Waals surface area contributed by atoms with Crippen LogP contribution in [0.15, 0.2) is 36.4 Å². The Morgan fingerprint density at radius 3 is 2.24 bits per heavy atom. The Morgan fingerprint density at radius 1 is 1.00 bits per heavy atom. The van der Waals surface area contributed by atoms with Crippen LogP contribution in [0.2, 0.25) is 0 Å². The number of methoxy groups -OCH3 is 3. The van der Waals surface area contributed by atoms with Crippen LogP contribution in [0, 0.1) is 5.92 Å². The van der Waals surface area contributed by atoms with Crippen LogP contribution in [0.1, 0.15) is 42.1 Å². The Labute approximate surface area is 170 Å². The second-order valence-electron chi connectivity index (χ2n) is 6.62. The molecule has 2 N–H and O–H groups in total. The van der Waals surface area contributed by atoms with Crippen molar-refractivity contribution >= 4 is 17.6 Å². The van der Waals surface area contributed by atoms with E-state index in [4.69, 9.17) is 14.2 Å². The summed E-state index contributed by atoms with van der Waals surface area (Å²) in [6.45, 7) is 3.71. The molecule has 0 aliphatic heterocycles. The monoisotopic (exact) mass is 401 g/mol. The standard InChI is InChI=1S/C22H27NO6/c1-6-16(22(25)26)13(2)14-7-10-19(28-4)18(11-14)23-21(24)17-9-8-15(27-3)12-20(17)29-5/h7-13,16H,6H2,1-5H3,(H,23,24)(H,25,26). The number of anilines is 1. The summed E-state index contributed by atoms with van der Waals surface area (Å²) in [6, 6.07) is 10.2. The van der Waals surface area contributed by atoms with Crippen LogP contribution >= 0.6 is 0 Å². The van der Waals surface area contributed by atoms with Crippen molar-refractivity contribution in [1.29, 1.82) is 0 Å². The molecule has 2 aromatic rings. The lowest BCUT2D eigenvalue weighted by Gasteiger charge is -2.21. The number of rotatable bonds is 9. The van der Waals surface area contributed by atoms with Gasteiger partial charge >= 0.3 is 5.97 Å². The van der Waals surface area contributed by atoms with E-state index in [-0.39, 0.29) is 11.8 Å². The quantitative estimate of drug-likeness (QED) is 0.655. The van der Waals surface area contributed by atoms with Crippen LogP contribution in [0.25, 0.3) is 0 Å². The average molecular weight is 401 g/mol. The second kappa shape index (κ2) is 9.82. The van der Waals surface area contributed by atoms with Gasteiger partial charge in [-0.2, -0.15) is 0 Å². The molecule has 0 aliphatic rings. The highest BCUT2D eigenvalue weighted by molar-refractivity contribution is 6.07. The van der Waals surface area contributed by atoms with Gasteiger partial charge in [0.1, 0.15) is 17.2 Å². The van der Waals surface area contributed by atoms with E-state index in [0.717, 1.165) is 5.56 Å². The molecule has 0 fully saturated rings. The maximum absolute atomic E-state index is 12.9. The van der Waals surface area contributed by atoms with Crippen LogP contribution in [0.4, 0.5) is 5.69 Å². The van der Waals surface area contributed by atoms with Gasteiger partial charge in [0.15, 0.2) is 0 Å². The number of amides is 1. The Morgan fingerprint density at radius 2 is 1.69 bits per heavy atom. The predicted octanol–water partition coefficient (Wildman–Crippen LogP) is 4.18. The van der Waals surface area contributed by atoms with Crippen molar-refractivity contribution < 1.29 is 28.9 Å². The highest BCUT2D eigenvalue weighted by Crippen LogP contribution is 2.34. The molecule has 0 bridgehead atoms. The molecule has 1 amide bonds. The molecule has 0 aromatic heterocycles. The van der Waals surface area contributed by atoms with E-state index >= 15 is 0 Å². The number of carboxylic acids is 1. The number of hydrogen-bond donors (Lipinski definition) is 2. The summed E-state index contributed by atoms with van der Waals surface area (Å²) in [5, 5.41) is 12.3. The number of carboxylic acid groups (broad SMARTS) is 1. The average Bonchev–Trinajstić information content (AvgIpc) is 2.73. The third-order valence-electron chi connectivity index (χ3n) is 5.01. The van der Waals surface area contributed by atoms with E-state index in [1.165, 1.54) is 21.3 Å². The van der Waals surface area contributed by atoms with Gasteiger partial charge in [0, 0.05) is 6.07 Å². The Kier molecular flexibility index (Phi) is 7.47. The summed E-state index contributed by atoms with van der Waals surface area (Å²) in [5.74, 6) is -0.538. The van der Waals surface area contributed by atoms with Crippen molar-refractivity contribution in [2.45, 2.75) is 26.2 Å². The molecule has 2 atom stereocenters. The fraction of sp³-hybridized carbons (Fsp3) is 0.364. The third kappa shape index (κ3) is 4.99. The third-order valence-corrected chi connectivity index (χ3v) is 5.01. The fourth-order valence-electron chi connectivity index (χ4n) is 3.26. The zero-order valence-corrected chi connectivity index (χ0v) is 17.3. The lowest BCUT2D eigenvalue weighted by atomic mass is 9.85. The van der Waals surface area contributed by atoms with Crippen molar-refractivity contribution in [2.75, 3.05) is 26.6 Å². The van der Waals surface area contributed by atoms with Crippen molar-refractivity contribution in [1.82, 2.24) is 0 Å².